The molecule has 0 aliphatic carbocycles. The van der Waals surface area contributed by atoms with Crippen molar-refractivity contribution in [1.82, 2.24) is 5.32 Å². The maximum absolute atomic E-state index is 11.2. The number of benzene rings is 1. The van der Waals surface area contributed by atoms with Crippen LogP contribution in [0.15, 0.2) is 24.3 Å². The van der Waals surface area contributed by atoms with Gasteiger partial charge in [0, 0.05) is 6.42 Å². The van der Waals surface area contributed by atoms with E-state index in [1.165, 1.54) is 0 Å². The molecule has 1 rings (SSSR count). The molecule has 0 atom stereocenters. The summed E-state index contributed by atoms with van der Waals surface area (Å²) in [7, 11) is 0. The van der Waals surface area contributed by atoms with Gasteiger partial charge in [0.25, 0.3) is 5.91 Å². The molecule has 4 heteroatoms. The lowest BCUT2D eigenvalue weighted by Crippen LogP contribution is -2.28. The van der Waals surface area contributed by atoms with Crippen LogP contribution in [-0.2, 0) is 16.0 Å². The zero-order valence-electron chi connectivity index (χ0n) is 10.2. The van der Waals surface area contributed by atoms with Gasteiger partial charge >= 0.3 is 0 Å². The molecule has 0 heterocycles. The topological polar surface area (TPSA) is 55.4 Å². The van der Waals surface area contributed by atoms with Crippen molar-refractivity contribution in [3.8, 4) is 18.1 Å². The van der Waals surface area contributed by atoms with Crippen LogP contribution < -0.4 is 10.1 Å². The molecule has 1 amide bonds. The zero-order valence-corrected chi connectivity index (χ0v) is 10.2. The number of nitrogens with one attached hydrogen (secondary N) is 1. The highest BCUT2D eigenvalue weighted by Crippen LogP contribution is 2.12. The SMILES string of the molecule is C#CCNC(=O)COc1ccc(CC(C)=O)cc1. The van der Waals surface area contributed by atoms with Gasteiger partial charge in [-0.3, -0.25) is 9.59 Å². The average molecular weight is 245 g/mol. The van der Waals surface area contributed by atoms with Gasteiger partial charge in [-0.05, 0) is 24.6 Å². The first-order chi connectivity index (χ1) is 8.61. The summed E-state index contributed by atoms with van der Waals surface area (Å²) in [5, 5.41) is 2.50. The lowest BCUT2D eigenvalue weighted by molar-refractivity contribution is -0.122. The van der Waals surface area contributed by atoms with Crippen molar-refractivity contribution in [2.24, 2.45) is 0 Å². The van der Waals surface area contributed by atoms with Crippen molar-refractivity contribution in [1.29, 1.82) is 0 Å². The molecule has 1 aromatic rings. The molecule has 0 spiro atoms. The molecule has 4 nitrogen and oxygen atoms in total. The summed E-state index contributed by atoms with van der Waals surface area (Å²) in [5.74, 6) is 2.73. The Kier molecular flexibility index (Phi) is 5.46. The summed E-state index contributed by atoms with van der Waals surface area (Å²) in [4.78, 5) is 22.1. The molecule has 1 N–H and O–H groups in total. The van der Waals surface area contributed by atoms with Crippen molar-refractivity contribution in [2.75, 3.05) is 13.2 Å². The van der Waals surface area contributed by atoms with Crippen LogP contribution in [0.2, 0.25) is 0 Å². The number of terminal acetylenes is 1. The molecular formula is C14H15NO3. The van der Waals surface area contributed by atoms with Crippen molar-refractivity contribution in [3.05, 3.63) is 29.8 Å². The van der Waals surface area contributed by atoms with Crippen molar-refractivity contribution >= 4 is 11.7 Å². The molecule has 0 fully saturated rings. The van der Waals surface area contributed by atoms with Crippen molar-refractivity contribution < 1.29 is 14.3 Å². The molecule has 18 heavy (non-hydrogen) atoms. The molecule has 0 aromatic heterocycles. The number of rotatable bonds is 6. The van der Waals surface area contributed by atoms with Crippen LogP contribution in [0.5, 0.6) is 5.75 Å². The molecule has 94 valence electrons. The minimum absolute atomic E-state index is 0.0757. The Morgan fingerprint density at radius 3 is 2.56 bits per heavy atom. The summed E-state index contributed by atoms with van der Waals surface area (Å²) in [6.07, 6.45) is 5.41. The Hall–Kier alpha value is -2.28. The molecule has 0 bridgehead atoms. The highest BCUT2D eigenvalue weighted by Gasteiger charge is 2.02. The average Bonchev–Trinajstić information content (AvgIpc) is 2.35. The number of carbonyl (C=O) groups excluding carboxylic acids is 2. The summed E-state index contributed by atoms with van der Waals surface area (Å²) in [6, 6.07) is 7.06. The minimum atomic E-state index is -0.263. The smallest absolute Gasteiger partial charge is 0.258 e. The maximum Gasteiger partial charge on any atom is 0.258 e. The Balaban J connectivity index is 2.42. The second-order valence-electron chi connectivity index (χ2n) is 3.79. The minimum Gasteiger partial charge on any atom is -0.484 e. The lowest BCUT2D eigenvalue weighted by Gasteiger charge is -2.06. The van der Waals surface area contributed by atoms with E-state index in [-0.39, 0.29) is 24.8 Å². The third-order valence-electron chi connectivity index (χ3n) is 2.13. The van der Waals surface area contributed by atoms with Gasteiger partial charge in [0.1, 0.15) is 11.5 Å². The number of amides is 1. The van der Waals surface area contributed by atoms with Crippen LogP contribution in [0.4, 0.5) is 0 Å². The second-order valence-corrected chi connectivity index (χ2v) is 3.79. The third kappa shape index (κ3) is 5.17. The van der Waals surface area contributed by atoms with Crippen LogP contribution in [-0.4, -0.2) is 24.8 Å². The number of ether oxygens (including phenoxy) is 1. The van der Waals surface area contributed by atoms with E-state index in [0.29, 0.717) is 12.2 Å². The van der Waals surface area contributed by atoms with E-state index in [0.717, 1.165) is 5.56 Å². The number of carbonyl (C=O) groups is 2. The van der Waals surface area contributed by atoms with Crippen molar-refractivity contribution in [2.45, 2.75) is 13.3 Å². The standard InChI is InChI=1S/C14H15NO3/c1-3-8-15-14(17)10-18-13-6-4-12(5-7-13)9-11(2)16/h1,4-7H,8-10H2,2H3,(H,15,17). The summed E-state index contributed by atoms with van der Waals surface area (Å²) in [5.41, 5.74) is 0.923. The van der Waals surface area contributed by atoms with Gasteiger partial charge in [0.05, 0.1) is 6.54 Å². The summed E-state index contributed by atoms with van der Waals surface area (Å²) < 4.78 is 5.26. The number of ketones is 1. The maximum atomic E-state index is 11.2. The Bertz CT molecular complexity index is 457. The van der Waals surface area contributed by atoms with E-state index in [1.54, 1.807) is 31.2 Å². The van der Waals surface area contributed by atoms with Crippen LogP contribution in [0.25, 0.3) is 0 Å². The normalized spacial score (nSPS) is 9.33. The van der Waals surface area contributed by atoms with E-state index in [2.05, 4.69) is 11.2 Å². The molecule has 0 saturated carbocycles. The van der Waals surface area contributed by atoms with Crippen LogP contribution in [0, 0.1) is 12.3 Å². The Labute approximate surface area is 106 Å². The molecule has 1 aromatic carbocycles. The largest absolute Gasteiger partial charge is 0.484 e. The monoisotopic (exact) mass is 245 g/mol. The van der Waals surface area contributed by atoms with E-state index in [9.17, 15) is 9.59 Å². The molecule has 0 radical (unpaired) electrons. The second kappa shape index (κ2) is 7.13. The first-order valence-corrected chi connectivity index (χ1v) is 5.53. The fourth-order valence-corrected chi connectivity index (χ4v) is 1.34. The number of Topliss-reactive ketones (excluding diaryl/α,β-unsaturated/α-hetero) is 1. The number of hydrogen-bond donors (Lipinski definition) is 1. The highest BCUT2D eigenvalue weighted by atomic mass is 16.5. The first kappa shape index (κ1) is 13.8. The highest BCUT2D eigenvalue weighted by molar-refractivity contribution is 5.78. The fraction of sp³-hybridized carbons (Fsp3) is 0.286. The fourth-order valence-electron chi connectivity index (χ4n) is 1.34. The van der Waals surface area contributed by atoms with Gasteiger partial charge in [-0.2, -0.15) is 0 Å². The Morgan fingerprint density at radius 2 is 2.00 bits per heavy atom. The molecule has 0 saturated heterocycles. The van der Waals surface area contributed by atoms with E-state index < -0.39 is 0 Å². The van der Waals surface area contributed by atoms with E-state index in [4.69, 9.17) is 11.2 Å². The summed E-state index contributed by atoms with van der Waals surface area (Å²) >= 11 is 0. The van der Waals surface area contributed by atoms with Gasteiger partial charge in [-0.15, -0.1) is 6.42 Å². The molecule has 0 aliphatic heterocycles. The van der Waals surface area contributed by atoms with Gasteiger partial charge in [0.15, 0.2) is 6.61 Å². The summed E-state index contributed by atoms with van der Waals surface area (Å²) in [6.45, 7) is 1.66. The van der Waals surface area contributed by atoms with E-state index in [1.807, 2.05) is 0 Å². The van der Waals surface area contributed by atoms with Crippen LogP contribution in [0.3, 0.4) is 0 Å². The van der Waals surface area contributed by atoms with Crippen molar-refractivity contribution in [3.63, 3.8) is 0 Å². The van der Waals surface area contributed by atoms with Crippen LogP contribution >= 0.6 is 0 Å². The quantitative estimate of drug-likeness (QED) is 0.759. The molecule has 0 aliphatic rings. The molecular weight excluding hydrogens is 230 g/mol. The van der Waals surface area contributed by atoms with Gasteiger partial charge in [0.2, 0.25) is 0 Å². The van der Waals surface area contributed by atoms with Gasteiger partial charge in [-0.1, -0.05) is 18.1 Å². The predicted octanol–water partition coefficient (Wildman–Crippen LogP) is 0.946. The number of hydrogen-bond acceptors (Lipinski definition) is 3. The van der Waals surface area contributed by atoms with Gasteiger partial charge in [-0.25, -0.2) is 0 Å². The van der Waals surface area contributed by atoms with Gasteiger partial charge < -0.3 is 10.1 Å². The first-order valence-electron chi connectivity index (χ1n) is 5.53. The third-order valence-corrected chi connectivity index (χ3v) is 2.13. The Morgan fingerprint density at radius 1 is 1.33 bits per heavy atom. The lowest BCUT2D eigenvalue weighted by atomic mass is 10.1. The molecule has 0 unspecified atom stereocenters. The van der Waals surface area contributed by atoms with E-state index >= 15 is 0 Å². The predicted molar refractivity (Wildman–Crippen MR) is 68.2 cm³/mol. The van der Waals surface area contributed by atoms with Crippen LogP contribution in [0.1, 0.15) is 12.5 Å². The zero-order chi connectivity index (χ0) is 13.4.